The van der Waals surface area contributed by atoms with E-state index in [9.17, 15) is 26.7 Å². The summed E-state index contributed by atoms with van der Waals surface area (Å²) in [6, 6.07) is 7.45. The second kappa shape index (κ2) is 6.36. The number of rotatable bonds is 3. The van der Waals surface area contributed by atoms with Crippen LogP contribution in [0, 0.1) is 11.6 Å². The third-order valence-corrected chi connectivity index (χ3v) is 3.24. The molecule has 0 atom stereocenters. The summed E-state index contributed by atoms with van der Waals surface area (Å²) in [5.41, 5.74) is -1.07. The quantitative estimate of drug-likeness (QED) is 0.771. The Labute approximate surface area is 129 Å². The first-order valence-electron chi connectivity index (χ1n) is 6.56. The second-order valence-electron chi connectivity index (χ2n) is 4.95. The lowest BCUT2D eigenvalue weighted by Crippen LogP contribution is -2.27. The van der Waals surface area contributed by atoms with Crippen LogP contribution in [0.15, 0.2) is 42.5 Å². The summed E-state index contributed by atoms with van der Waals surface area (Å²) in [5, 5.41) is 0. The summed E-state index contributed by atoms with van der Waals surface area (Å²) >= 11 is 0. The highest BCUT2D eigenvalue weighted by Crippen LogP contribution is 2.32. The largest absolute Gasteiger partial charge is 0.416 e. The van der Waals surface area contributed by atoms with E-state index in [-0.39, 0.29) is 17.7 Å². The molecule has 2 rings (SSSR count). The Hall–Kier alpha value is -2.44. The van der Waals surface area contributed by atoms with E-state index in [1.54, 1.807) is 0 Å². The fourth-order valence-corrected chi connectivity index (χ4v) is 2.11. The molecule has 0 bridgehead atoms. The van der Waals surface area contributed by atoms with Crippen LogP contribution in [-0.4, -0.2) is 17.9 Å². The molecule has 2 nitrogen and oxygen atoms in total. The van der Waals surface area contributed by atoms with Gasteiger partial charge in [0.1, 0.15) is 0 Å². The Morgan fingerprint density at radius 3 is 2.30 bits per heavy atom. The number of halogens is 5. The van der Waals surface area contributed by atoms with Crippen molar-refractivity contribution in [1.82, 2.24) is 4.90 Å². The molecule has 0 spiro atoms. The predicted molar refractivity (Wildman–Crippen MR) is 73.6 cm³/mol. The molecule has 0 saturated heterocycles. The predicted octanol–water partition coefficient (Wildman–Crippen LogP) is 4.26. The molecule has 23 heavy (non-hydrogen) atoms. The number of benzene rings is 2. The number of carbonyl (C=O) groups is 1. The zero-order chi connectivity index (χ0) is 17.2. The molecule has 0 radical (unpaired) electrons. The fraction of sp³-hybridized carbons (Fsp3) is 0.188. The van der Waals surface area contributed by atoms with E-state index >= 15 is 0 Å². The van der Waals surface area contributed by atoms with E-state index in [0.717, 1.165) is 23.1 Å². The van der Waals surface area contributed by atoms with Gasteiger partial charge in [-0.05, 0) is 29.8 Å². The van der Waals surface area contributed by atoms with E-state index in [0.29, 0.717) is 6.07 Å². The molecule has 0 aliphatic heterocycles. The maximum absolute atomic E-state index is 13.2. The highest BCUT2D eigenvalue weighted by Gasteiger charge is 2.33. The molecule has 0 fully saturated rings. The van der Waals surface area contributed by atoms with Gasteiger partial charge in [0.25, 0.3) is 5.91 Å². The third kappa shape index (κ3) is 3.85. The highest BCUT2D eigenvalue weighted by atomic mass is 19.4. The molecule has 1 amide bonds. The van der Waals surface area contributed by atoms with Crippen molar-refractivity contribution in [1.29, 1.82) is 0 Å². The lowest BCUT2D eigenvalue weighted by molar-refractivity contribution is -0.138. The van der Waals surface area contributed by atoms with E-state index < -0.39 is 29.3 Å². The van der Waals surface area contributed by atoms with Crippen LogP contribution in [0.4, 0.5) is 22.0 Å². The van der Waals surface area contributed by atoms with Crippen molar-refractivity contribution < 1.29 is 26.7 Å². The summed E-state index contributed by atoms with van der Waals surface area (Å²) < 4.78 is 64.8. The van der Waals surface area contributed by atoms with Crippen LogP contribution >= 0.6 is 0 Å². The Balaban J connectivity index is 2.24. The number of hydrogen-bond donors (Lipinski definition) is 0. The van der Waals surface area contributed by atoms with Crippen LogP contribution in [0.3, 0.4) is 0 Å². The van der Waals surface area contributed by atoms with Gasteiger partial charge in [-0.3, -0.25) is 4.79 Å². The highest BCUT2D eigenvalue weighted by molar-refractivity contribution is 5.94. The summed E-state index contributed by atoms with van der Waals surface area (Å²) in [5.74, 6) is -3.01. The minimum absolute atomic E-state index is 0.0848. The van der Waals surface area contributed by atoms with Crippen molar-refractivity contribution >= 4 is 5.91 Å². The van der Waals surface area contributed by atoms with Crippen molar-refractivity contribution in [2.45, 2.75) is 12.7 Å². The Bertz CT molecular complexity index is 727. The molecule has 0 aliphatic carbocycles. The molecule has 7 heteroatoms. The van der Waals surface area contributed by atoms with Gasteiger partial charge in [0.15, 0.2) is 11.6 Å². The standard InChI is InChI=1S/C16H12F5NO/c1-22(15(23)10-6-7-13(17)14(18)8-10)9-11-4-2-3-5-12(11)16(19,20)21/h2-8H,9H2,1H3. The number of hydrogen-bond acceptors (Lipinski definition) is 1. The molecule has 0 N–H and O–H groups in total. The minimum Gasteiger partial charge on any atom is -0.337 e. The zero-order valence-electron chi connectivity index (χ0n) is 12.0. The number of carbonyl (C=O) groups excluding carboxylic acids is 1. The molecule has 122 valence electrons. The van der Waals surface area contributed by atoms with Gasteiger partial charge in [-0.2, -0.15) is 13.2 Å². The summed E-state index contributed by atoms with van der Waals surface area (Å²) in [7, 11) is 1.29. The molecule has 0 aromatic heterocycles. The van der Waals surface area contributed by atoms with Crippen LogP contribution in [0.2, 0.25) is 0 Å². The van der Waals surface area contributed by atoms with Gasteiger partial charge >= 0.3 is 6.18 Å². The molecule has 0 saturated carbocycles. The average molecular weight is 329 g/mol. The van der Waals surface area contributed by atoms with Gasteiger partial charge in [0, 0.05) is 19.2 Å². The van der Waals surface area contributed by atoms with Gasteiger partial charge in [-0.1, -0.05) is 18.2 Å². The maximum atomic E-state index is 13.2. The van der Waals surface area contributed by atoms with E-state index in [4.69, 9.17) is 0 Å². The molecular formula is C16H12F5NO. The lowest BCUT2D eigenvalue weighted by atomic mass is 10.1. The van der Waals surface area contributed by atoms with Crippen LogP contribution < -0.4 is 0 Å². The molecule has 0 heterocycles. The SMILES string of the molecule is CN(Cc1ccccc1C(F)(F)F)C(=O)c1ccc(F)c(F)c1. The normalized spacial score (nSPS) is 11.4. The van der Waals surface area contributed by atoms with E-state index in [2.05, 4.69) is 0 Å². The van der Waals surface area contributed by atoms with Gasteiger partial charge in [0.2, 0.25) is 0 Å². The Morgan fingerprint density at radius 1 is 1.04 bits per heavy atom. The summed E-state index contributed by atoms with van der Waals surface area (Å²) in [6.45, 7) is -0.312. The first-order valence-corrected chi connectivity index (χ1v) is 6.56. The van der Waals surface area contributed by atoms with E-state index in [1.165, 1.54) is 25.2 Å². The first kappa shape index (κ1) is 16.9. The maximum Gasteiger partial charge on any atom is 0.416 e. The topological polar surface area (TPSA) is 20.3 Å². The molecule has 0 unspecified atom stereocenters. The van der Waals surface area contributed by atoms with Crippen molar-refractivity contribution in [3.05, 3.63) is 70.8 Å². The van der Waals surface area contributed by atoms with Crippen molar-refractivity contribution in [3.63, 3.8) is 0 Å². The molecule has 2 aromatic rings. The van der Waals surface area contributed by atoms with Crippen LogP contribution in [0.5, 0.6) is 0 Å². The van der Waals surface area contributed by atoms with E-state index in [1.807, 2.05) is 0 Å². The van der Waals surface area contributed by atoms with Gasteiger partial charge < -0.3 is 4.90 Å². The summed E-state index contributed by atoms with van der Waals surface area (Å²) in [6.07, 6.45) is -4.54. The number of amides is 1. The molecular weight excluding hydrogens is 317 g/mol. The lowest BCUT2D eigenvalue weighted by Gasteiger charge is -2.20. The zero-order valence-corrected chi connectivity index (χ0v) is 12.0. The van der Waals surface area contributed by atoms with Gasteiger partial charge in [0.05, 0.1) is 5.56 Å². The average Bonchev–Trinajstić information content (AvgIpc) is 2.48. The Morgan fingerprint density at radius 2 is 1.70 bits per heavy atom. The van der Waals surface area contributed by atoms with Crippen molar-refractivity contribution in [3.8, 4) is 0 Å². The number of nitrogens with zero attached hydrogens (tertiary/aromatic N) is 1. The smallest absolute Gasteiger partial charge is 0.337 e. The monoisotopic (exact) mass is 329 g/mol. The Kier molecular flexibility index (Phi) is 4.68. The van der Waals surface area contributed by atoms with Crippen LogP contribution in [0.1, 0.15) is 21.5 Å². The molecule has 0 aliphatic rings. The van der Waals surface area contributed by atoms with Crippen molar-refractivity contribution in [2.75, 3.05) is 7.05 Å². The summed E-state index contributed by atoms with van der Waals surface area (Å²) in [4.78, 5) is 13.1. The second-order valence-corrected chi connectivity index (χ2v) is 4.95. The van der Waals surface area contributed by atoms with Gasteiger partial charge in [-0.25, -0.2) is 8.78 Å². The fourth-order valence-electron chi connectivity index (χ4n) is 2.11. The molecule has 2 aromatic carbocycles. The third-order valence-electron chi connectivity index (χ3n) is 3.24. The van der Waals surface area contributed by atoms with Crippen LogP contribution in [-0.2, 0) is 12.7 Å². The van der Waals surface area contributed by atoms with Gasteiger partial charge in [-0.15, -0.1) is 0 Å². The first-order chi connectivity index (χ1) is 10.7. The van der Waals surface area contributed by atoms with Crippen molar-refractivity contribution in [2.24, 2.45) is 0 Å². The number of alkyl halides is 3. The minimum atomic E-state index is -4.54. The van der Waals surface area contributed by atoms with Crippen LogP contribution in [0.25, 0.3) is 0 Å².